The molecule has 80 valence electrons. The van der Waals surface area contributed by atoms with E-state index in [0.29, 0.717) is 12.2 Å². The van der Waals surface area contributed by atoms with E-state index in [2.05, 4.69) is 4.98 Å². The van der Waals surface area contributed by atoms with Crippen molar-refractivity contribution < 1.29 is 9.53 Å². The molecule has 1 rings (SSSR count). The van der Waals surface area contributed by atoms with Crippen molar-refractivity contribution in [1.82, 2.24) is 4.98 Å². The lowest BCUT2D eigenvalue weighted by Gasteiger charge is -2.02. The first-order chi connectivity index (χ1) is 7.09. The number of allylic oxidation sites excluding steroid dienone is 1. The predicted molar refractivity (Wildman–Crippen MR) is 58.7 cm³/mol. The molecule has 0 N–H and O–H groups in total. The van der Waals surface area contributed by atoms with Crippen LogP contribution in [0.1, 0.15) is 29.8 Å². The fourth-order valence-electron chi connectivity index (χ4n) is 1.03. The molecule has 0 saturated carbocycles. The minimum absolute atomic E-state index is 0.315. The lowest BCUT2D eigenvalue weighted by Crippen LogP contribution is -2.06. The second-order valence-electron chi connectivity index (χ2n) is 3.63. The molecule has 0 aliphatic rings. The smallest absolute Gasteiger partial charge is 0.340 e. The number of hydrogen-bond donors (Lipinski definition) is 0. The van der Waals surface area contributed by atoms with E-state index in [1.807, 2.05) is 26.8 Å². The molecule has 0 aliphatic carbocycles. The summed E-state index contributed by atoms with van der Waals surface area (Å²) in [5, 5.41) is 0. The zero-order valence-electron chi connectivity index (χ0n) is 9.28. The van der Waals surface area contributed by atoms with Gasteiger partial charge in [-0.1, -0.05) is 5.57 Å². The predicted octanol–water partition coefficient (Wildman–Crippen LogP) is 2.51. The van der Waals surface area contributed by atoms with Gasteiger partial charge in [0.15, 0.2) is 0 Å². The molecule has 0 aliphatic heterocycles. The van der Waals surface area contributed by atoms with E-state index in [0.717, 1.165) is 11.1 Å². The first-order valence-electron chi connectivity index (χ1n) is 4.81. The van der Waals surface area contributed by atoms with Gasteiger partial charge in [-0.3, -0.25) is 4.98 Å². The minimum atomic E-state index is -0.330. The van der Waals surface area contributed by atoms with E-state index in [4.69, 9.17) is 4.74 Å². The number of esters is 1. The number of pyridine rings is 1. The van der Waals surface area contributed by atoms with E-state index >= 15 is 0 Å². The zero-order chi connectivity index (χ0) is 11.3. The first-order valence-corrected chi connectivity index (χ1v) is 4.81. The number of hydrogen-bond acceptors (Lipinski definition) is 3. The highest BCUT2D eigenvalue weighted by Crippen LogP contribution is 2.03. The van der Waals surface area contributed by atoms with Crippen LogP contribution in [0.2, 0.25) is 0 Å². The van der Waals surface area contributed by atoms with Gasteiger partial charge < -0.3 is 4.74 Å². The van der Waals surface area contributed by atoms with Gasteiger partial charge in [-0.2, -0.15) is 0 Å². The summed E-state index contributed by atoms with van der Waals surface area (Å²) in [5.41, 5.74) is 2.58. The molecule has 0 unspecified atom stereocenters. The molecule has 1 aromatic heterocycles. The van der Waals surface area contributed by atoms with Gasteiger partial charge in [0.25, 0.3) is 0 Å². The monoisotopic (exact) mass is 205 g/mol. The van der Waals surface area contributed by atoms with Crippen molar-refractivity contribution >= 4 is 5.97 Å². The number of ether oxygens (including phenoxy) is 1. The van der Waals surface area contributed by atoms with Gasteiger partial charge >= 0.3 is 5.97 Å². The normalized spacial score (nSPS) is 9.53. The fraction of sp³-hybridized carbons (Fsp3) is 0.333. The molecule has 0 spiro atoms. The van der Waals surface area contributed by atoms with E-state index in [1.54, 1.807) is 12.3 Å². The van der Waals surface area contributed by atoms with Crippen molar-refractivity contribution in [2.75, 3.05) is 6.61 Å². The van der Waals surface area contributed by atoms with Crippen LogP contribution < -0.4 is 0 Å². The van der Waals surface area contributed by atoms with Crippen LogP contribution >= 0.6 is 0 Å². The molecule has 3 nitrogen and oxygen atoms in total. The average molecular weight is 205 g/mol. The number of aromatic nitrogens is 1. The van der Waals surface area contributed by atoms with Crippen LogP contribution in [0, 0.1) is 6.92 Å². The van der Waals surface area contributed by atoms with E-state index < -0.39 is 0 Å². The lowest BCUT2D eigenvalue weighted by molar-refractivity contribution is 0.0548. The van der Waals surface area contributed by atoms with Crippen molar-refractivity contribution in [2.45, 2.75) is 20.8 Å². The molecule has 0 amide bonds. The molecule has 3 heteroatoms. The molecule has 15 heavy (non-hydrogen) atoms. The molecule has 0 atom stereocenters. The van der Waals surface area contributed by atoms with Crippen LogP contribution in [0.4, 0.5) is 0 Å². The standard InChI is InChI=1S/C12H15NO2/c1-9(2)4-5-15-12(14)11-6-10(3)7-13-8-11/h4,6-8H,5H2,1-3H3. The Bertz CT molecular complexity index is 379. The summed E-state index contributed by atoms with van der Waals surface area (Å²) in [5.74, 6) is -0.330. The highest BCUT2D eigenvalue weighted by molar-refractivity contribution is 5.89. The maximum atomic E-state index is 11.5. The van der Waals surface area contributed by atoms with Crippen LogP contribution in [0.5, 0.6) is 0 Å². The van der Waals surface area contributed by atoms with Gasteiger partial charge in [0.1, 0.15) is 6.61 Å². The molecule has 1 heterocycles. The van der Waals surface area contributed by atoms with Crippen molar-refractivity contribution in [3.63, 3.8) is 0 Å². The first kappa shape index (κ1) is 11.4. The van der Waals surface area contributed by atoms with Gasteiger partial charge in [0.2, 0.25) is 0 Å². The third kappa shape index (κ3) is 3.94. The third-order valence-corrected chi connectivity index (χ3v) is 1.82. The van der Waals surface area contributed by atoms with Crippen molar-refractivity contribution in [2.24, 2.45) is 0 Å². The Morgan fingerprint density at radius 1 is 1.47 bits per heavy atom. The molecule has 0 aromatic carbocycles. The average Bonchev–Trinajstić information content (AvgIpc) is 2.17. The van der Waals surface area contributed by atoms with Gasteiger partial charge in [-0.05, 0) is 38.5 Å². The van der Waals surface area contributed by atoms with Gasteiger partial charge in [-0.25, -0.2) is 4.79 Å². The second-order valence-corrected chi connectivity index (χ2v) is 3.63. The number of nitrogens with zero attached hydrogens (tertiary/aromatic N) is 1. The van der Waals surface area contributed by atoms with Crippen molar-refractivity contribution in [1.29, 1.82) is 0 Å². The van der Waals surface area contributed by atoms with E-state index in [-0.39, 0.29) is 5.97 Å². The Morgan fingerprint density at radius 2 is 2.20 bits per heavy atom. The fourth-order valence-corrected chi connectivity index (χ4v) is 1.03. The maximum Gasteiger partial charge on any atom is 0.340 e. The quantitative estimate of drug-likeness (QED) is 0.562. The van der Waals surface area contributed by atoms with Crippen LogP contribution in [0.15, 0.2) is 30.1 Å². The summed E-state index contributed by atoms with van der Waals surface area (Å²) in [6, 6.07) is 1.76. The summed E-state index contributed by atoms with van der Waals surface area (Å²) >= 11 is 0. The van der Waals surface area contributed by atoms with Gasteiger partial charge in [0.05, 0.1) is 5.56 Å². The maximum absolute atomic E-state index is 11.5. The van der Waals surface area contributed by atoms with Crippen LogP contribution in [-0.4, -0.2) is 17.6 Å². The minimum Gasteiger partial charge on any atom is -0.458 e. The Balaban J connectivity index is 2.58. The molecule has 0 fully saturated rings. The summed E-state index contributed by atoms with van der Waals surface area (Å²) in [6.07, 6.45) is 5.08. The molecule has 0 saturated heterocycles. The number of rotatable bonds is 3. The number of carbonyl (C=O) groups excluding carboxylic acids is 1. The molecular weight excluding hydrogens is 190 g/mol. The second kappa shape index (κ2) is 5.29. The highest BCUT2D eigenvalue weighted by Gasteiger charge is 2.06. The Morgan fingerprint density at radius 3 is 2.80 bits per heavy atom. The number of aryl methyl sites for hydroxylation is 1. The summed E-state index contributed by atoms with van der Waals surface area (Å²) in [4.78, 5) is 15.4. The Kier molecular flexibility index (Phi) is 4.03. The van der Waals surface area contributed by atoms with E-state index in [9.17, 15) is 4.79 Å². The Hall–Kier alpha value is -1.64. The van der Waals surface area contributed by atoms with Crippen molar-refractivity contribution in [3.05, 3.63) is 41.2 Å². The lowest BCUT2D eigenvalue weighted by atomic mass is 10.2. The molecule has 1 aromatic rings. The van der Waals surface area contributed by atoms with Crippen molar-refractivity contribution in [3.8, 4) is 0 Å². The van der Waals surface area contributed by atoms with Gasteiger partial charge in [0, 0.05) is 12.4 Å². The summed E-state index contributed by atoms with van der Waals surface area (Å²) in [6.45, 7) is 6.12. The van der Waals surface area contributed by atoms with E-state index in [1.165, 1.54) is 6.20 Å². The van der Waals surface area contributed by atoms with Crippen LogP contribution in [-0.2, 0) is 4.74 Å². The SMILES string of the molecule is CC(C)=CCOC(=O)c1cncc(C)c1. The third-order valence-electron chi connectivity index (χ3n) is 1.82. The summed E-state index contributed by atoms with van der Waals surface area (Å²) in [7, 11) is 0. The zero-order valence-corrected chi connectivity index (χ0v) is 9.28. The summed E-state index contributed by atoms with van der Waals surface area (Å²) < 4.78 is 5.04. The highest BCUT2D eigenvalue weighted by atomic mass is 16.5. The molecule has 0 radical (unpaired) electrons. The molecule has 0 bridgehead atoms. The largest absolute Gasteiger partial charge is 0.458 e. The number of carbonyl (C=O) groups is 1. The van der Waals surface area contributed by atoms with Crippen LogP contribution in [0.25, 0.3) is 0 Å². The van der Waals surface area contributed by atoms with Crippen LogP contribution in [0.3, 0.4) is 0 Å². The Labute approximate surface area is 89.8 Å². The van der Waals surface area contributed by atoms with Gasteiger partial charge in [-0.15, -0.1) is 0 Å². The topological polar surface area (TPSA) is 39.2 Å². The molecular formula is C12H15NO2.